The van der Waals surface area contributed by atoms with Gasteiger partial charge in [0.2, 0.25) is 11.8 Å². The first-order chi connectivity index (χ1) is 15.8. The van der Waals surface area contributed by atoms with Gasteiger partial charge < -0.3 is 19.3 Å². The Hall–Kier alpha value is -2.09. The molecule has 0 aliphatic carbocycles. The Morgan fingerprint density at radius 2 is 2.12 bits per heavy atom. The average Bonchev–Trinajstić information content (AvgIpc) is 3.28. The third kappa shape index (κ3) is 6.49. The monoisotopic (exact) mass is 492 g/mol. The lowest BCUT2D eigenvalue weighted by Gasteiger charge is -2.37. The van der Waals surface area contributed by atoms with Crippen molar-refractivity contribution in [2.45, 2.75) is 39.7 Å². The lowest BCUT2D eigenvalue weighted by molar-refractivity contribution is -0.145. The van der Waals surface area contributed by atoms with Crippen LogP contribution in [0.2, 0.25) is 5.02 Å². The first-order valence-electron chi connectivity index (χ1n) is 11.3. The number of aryl methyl sites for hydroxylation is 1. The van der Waals surface area contributed by atoms with Crippen molar-refractivity contribution in [1.82, 2.24) is 9.80 Å². The second kappa shape index (κ2) is 11.9. The highest BCUT2D eigenvalue weighted by Gasteiger charge is 2.33. The first kappa shape index (κ1) is 25.5. The van der Waals surface area contributed by atoms with Crippen molar-refractivity contribution in [2.24, 2.45) is 5.92 Å². The van der Waals surface area contributed by atoms with Crippen LogP contribution in [-0.4, -0.2) is 61.6 Å². The Labute approximate surface area is 205 Å². The van der Waals surface area contributed by atoms with E-state index in [1.54, 1.807) is 16.2 Å². The fourth-order valence-electron chi connectivity index (χ4n) is 3.99. The Balaban J connectivity index is 1.77. The number of ether oxygens (including phenoxy) is 2. The second-order valence-corrected chi connectivity index (χ2v) is 10.0. The van der Waals surface area contributed by atoms with Gasteiger partial charge in [0.05, 0.1) is 12.6 Å². The van der Waals surface area contributed by atoms with E-state index in [9.17, 15) is 9.59 Å². The molecule has 1 aromatic heterocycles. The molecule has 0 saturated heterocycles. The van der Waals surface area contributed by atoms with Gasteiger partial charge in [-0.1, -0.05) is 31.9 Å². The van der Waals surface area contributed by atoms with Gasteiger partial charge in [-0.05, 0) is 60.0 Å². The number of benzene rings is 1. The molecule has 2 amide bonds. The summed E-state index contributed by atoms with van der Waals surface area (Å²) in [4.78, 5) is 30.9. The van der Waals surface area contributed by atoms with Crippen molar-refractivity contribution in [3.63, 3.8) is 0 Å². The van der Waals surface area contributed by atoms with Gasteiger partial charge in [0.15, 0.2) is 0 Å². The van der Waals surface area contributed by atoms with E-state index in [2.05, 4.69) is 25.3 Å². The third-order valence-corrected chi connectivity index (χ3v) is 7.55. The SMILES string of the molecule is CCC(C)CN(CC(=O)N1CCc2sccc2C1COc1ccc(Cl)c(C)c1)C(=O)COC. The lowest BCUT2D eigenvalue weighted by atomic mass is 10.00. The molecule has 2 aromatic rings. The van der Waals surface area contributed by atoms with Crippen LogP contribution in [-0.2, 0) is 20.7 Å². The number of nitrogens with zero attached hydrogens (tertiary/aromatic N) is 2. The van der Waals surface area contributed by atoms with Crippen LogP contribution in [0.4, 0.5) is 0 Å². The van der Waals surface area contributed by atoms with Gasteiger partial charge in [-0.15, -0.1) is 11.3 Å². The van der Waals surface area contributed by atoms with Crippen molar-refractivity contribution in [1.29, 1.82) is 0 Å². The van der Waals surface area contributed by atoms with Crippen molar-refractivity contribution in [2.75, 3.05) is 40.0 Å². The lowest BCUT2D eigenvalue weighted by Crippen LogP contribution is -2.49. The van der Waals surface area contributed by atoms with Crippen molar-refractivity contribution < 1.29 is 19.1 Å². The molecule has 0 N–H and O–H groups in total. The van der Waals surface area contributed by atoms with Crippen molar-refractivity contribution in [3.05, 3.63) is 50.7 Å². The molecule has 1 aliphatic heterocycles. The van der Waals surface area contributed by atoms with Crippen LogP contribution in [0.3, 0.4) is 0 Å². The minimum Gasteiger partial charge on any atom is -0.491 e. The zero-order valence-corrected chi connectivity index (χ0v) is 21.4. The molecule has 33 heavy (non-hydrogen) atoms. The van der Waals surface area contributed by atoms with E-state index in [1.807, 2.05) is 30.0 Å². The van der Waals surface area contributed by atoms with Crippen LogP contribution in [0.15, 0.2) is 29.6 Å². The highest BCUT2D eigenvalue weighted by atomic mass is 35.5. The van der Waals surface area contributed by atoms with Crippen LogP contribution < -0.4 is 4.74 Å². The average molecular weight is 493 g/mol. The van der Waals surface area contributed by atoms with Gasteiger partial charge in [-0.2, -0.15) is 0 Å². The van der Waals surface area contributed by atoms with Crippen molar-refractivity contribution >= 4 is 34.8 Å². The molecule has 0 spiro atoms. The summed E-state index contributed by atoms with van der Waals surface area (Å²) >= 11 is 7.85. The van der Waals surface area contributed by atoms with Crippen LogP contribution in [0.5, 0.6) is 5.75 Å². The molecule has 0 radical (unpaired) electrons. The fraction of sp³-hybridized carbons (Fsp3) is 0.520. The molecule has 0 fully saturated rings. The molecule has 0 bridgehead atoms. The number of halogens is 1. The first-order valence-corrected chi connectivity index (χ1v) is 12.6. The summed E-state index contributed by atoms with van der Waals surface area (Å²) in [6, 6.07) is 7.44. The second-order valence-electron chi connectivity index (χ2n) is 8.59. The van der Waals surface area contributed by atoms with E-state index in [1.165, 1.54) is 12.0 Å². The molecule has 6 nitrogen and oxygen atoms in total. The third-order valence-electron chi connectivity index (χ3n) is 6.13. The minimum absolute atomic E-state index is 0.0269. The number of fused-ring (bicyclic) bond motifs is 1. The van der Waals surface area contributed by atoms with E-state index in [0.29, 0.717) is 30.6 Å². The van der Waals surface area contributed by atoms with Gasteiger partial charge in [-0.3, -0.25) is 9.59 Å². The number of hydrogen-bond acceptors (Lipinski definition) is 5. The standard InChI is InChI=1S/C25H33ClN2O4S/c1-5-17(2)13-27(25(30)16-31-4)14-24(29)28-10-8-23-20(9-11-33-23)22(28)15-32-19-6-7-21(26)18(3)12-19/h6-7,9,11-12,17,22H,5,8,10,13-16H2,1-4H3. The summed E-state index contributed by atoms with van der Waals surface area (Å²) in [5, 5.41) is 2.76. The number of thiophene rings is 1. The smallest absolute Gasteiger partial charge is 0.249 e. The molecule has 2 heterocycles. The zero-order valence-electron chi connectivity index (χ0n) is 19.8. The molecule has 2 atom stereocenters. The van der Waals surface area contributed by atoms with Crippen LogP contribution in [0, 0.1) is 12.8 Å². The highest BCUT2D eigenvalue weighted by molar-refractivity contribution is 7.10. The van der Waals surface area contributed by atoms with Crippen LogP contribution in [0.25, 0.3) is 0 Å². The predicted molar refractivity (Wildman–Crippen MR) is 132 cm³/mol. The van der Waals surface area contributed by atoms with Gasteiger partial charge in [0.1, 0.15) is 19.0 Å². The van der Waals surface area contributed by atoms with Gasteiger partial charge in [0, 0.05) is 30.1 Å². The molecule has 180 valence electrons. The summed E-state index contributed by atoms with van der Waals surface area (Å²) in [6.45, 7) is 7.60. The predicted octanol–water partition coefficient (Wildman–Crippen LogP) is 4.74. The number of carbonyl (C=O) groups is 2. The molecule has 0 saturated carbocycles. The summed E-state index contributed by atoms with van der Waals surface area (Å²) in [5.41, 5.74) is 2.07. The molecule has 8 heteroatoms. The normalized spacial score (nSPS) is 16.3. The Bertz CT molecular complexity index is 964. The van der Waals surface area contributed by atoms with Gasteiger partial charge in [0.25, 0.3) is 0 Å². The zero-order chi connectivity index (χ0) is 24.0. The maximum absolute atomic E-state index is 13.5. The maximum atomic E-state index is 13.5. The maximum Gasteiger partial charge on any atom is 0.249 e. The number of methoxy groups -OCH3 is 1. The molecule has 1 aromatic carbocycles. The molecular weight excluding hydrogens is 460 g/mol. The highest BCUT2D eigenvalue weighted by Crippen LogP contribution is 2.34. The topological polar surface area (TPSA) is 59.1 Å². The van der Waals surface area contributed by atoms with E-state index in [0.717, 1.165) is 29.7 Å². The fourth-order valence-corrected chi connectivity index (χ4v) is 5.03. The van der Waals surface area contributed by atoms with Crippen LogP contribution in [0.1, 0.15) is 42.3 Å². The number of amides is 2. The number of rotatable bonds is 10. The largest absolute Gasteiger partial charge is 0.491 e. The molecule has 1 aliphatic rings. The Kier molecular flexibility index (Phi) is 9.18. The van der Waals surface area contributed by atoms with E-state index < -0.39 is 0 Å². The van der Waals surface area contributed by atoms with E-state index >= 15 is 0 Å². The van der Waals surface area contributed by atoms with Gasteiger partial charge >= 0.3 is 0 Å². The van der Waals surface area contributed by atoms with E-state index in [4.69, 9.17) is 21.1 Å². The summed E-state index contributed by atoms with van der Waals surface area (Å²) < 4.78 is 11.2. The van der Waals surface area contributed by atoms with Gasteiger partial charge in [-0.25, -0.2) is 0 Å². The Morgan fingerprint density at radius 3 is 2.82 bits per heavy atom. The number of hydrogen-bond donors (Lipinski definition) is 0. The molecular formula is C25H33ClN2O4S. The summed E-state index contributed by atoms with van der Waals surface area (Å²) in [5.74, 6) is 0.792. The number of carbonyl (C=O) groups excluding carboxylic acids is 2. The van der Waals surface area contributed by atoms with E-state index in [-0.39, 0.29) is 31.0 Å². The molecule has 2 unspecified atom stereocenters. The quantitative estimate of drug-likeness (QED) is 0.481. The minimum atomic E-state index is -0.202. The summed E-state index contributed by atoms with van der Waals surface area (Å²) in [6.07, 6.45) is 1.75. The van der Waals surface area contributed by atoms with Crippen molar-refractivity contribution in [3.8, 4) is 5.75 Å². The van der Waals surface area contributed by atoms with Crippen LogP contribution >= 0.6 is 22.9 Å². The summed E-state index contributed by atoms with van der Waals surface area (Å²) in [7, 11) is 1.50. The Morgan fingerprint density at radius 1 is 1.33 bits per heavy atom. The molecule has 3 rings (SSSR count).